The number of nitrogens with zero attached hydrogens (tertiary/aromatic N) is 3. The van der Waals surface area contributed by atoms with Crippen molar-refractivity contribution < 1.29 is 9.90 Å². The molecule has 0 bridgehead atoms. The van der Waals surface area contributed by atoms with Crippen LogP contribution in [0.2, 0.25) is 0 Å². The molecule has 1 aromatic heterocycles. The molecule has 6 heteroatoms. The average Bonchev–Trinajstić information content (AvgIpc) is 3.13. The molecule has 0 saturated heterocycles. The summed E-state index contributed by atoms with van der Waals surface area (Å²) in [7, 11) is 0. The fourth-order valence-corrected chi connectivity index (χ4v) is 4.57. The number of carboxylic acids is 1. The van der Waals surface area contributed by atoms with Crippen LogP contribution in [0.15, 0.2) is 53.3 Å². The van der Waals surface area contributed by atoms with Crippen molar-refractivity contribution in [3.63, 3.8) is 0 Å². The average molecular weight is 444 g/mol. The van der Waals surface area contributed by atoms with Gasteiger partial charge in [0, 0.05) is 6.54 Å². The van der Waals surface area contributed by atoms with Crippen LogP contribution in [0.4, 0.5) is 0 Å². The van der Waals surface area contributed by atoms with Gasteiger partial charge in [-0.05, 0) is 48.4 Å². The van der Waals surface area contributed by atoms with Crippen LogP contribution in [0.3, 0.4) is 0 Å². The molecule has 1 aliphatic rings. The fraction of sp³-hybridized carbons (Fsp3) is 0.370. The van der Waals surface area contributed by atoms with Gasteiger partial charge in [0.2, 0.25) is 0 Å². The van der Waals surface area contributed by atoms with Crippen molar-refractivity contribution in [2.75, 3.05) is 0 Å². The third kappa shape index (κ3) is 5.25. The van der Waals surface area contributed by atoms with Crippen molar-refractivity contribution in [2.24, 2.45) is 5.92 Å². The summed E-state index contributed by atoms with van der Waals surface area (Å²) in [5.41, 5.74) is 2.64. The number of benzene rings is 2. The smallest absolute Gasteiger partial charge is 0.346 e. The topological polar surface area (TPSA) is 77.1 Å². The van der Waals surface area contributed by atoms with Crippen molar-refractivity contribution in [3.05, 3.63) is 76.0 Å². The Kier molecular flexibility index (Phi) is 7.09. The number of hydrogen-bond acceptors (Lipinski definition) is 3. The molecule has 0 unspecified atom stereocenters. The molecule has 0 amide bonds. The Hall–Kier alpha value is -3.59. The lowest BCUT2D eigenvalue weighted by Crippen LogP contribution is -2.28. The minimum atomic E-state index is -0.951. The van der Waals surface area contributed by atoms with Gasteiger partial charge in [-0.25, -0.2) is 14.3 Å². The van der Waals surface area contributed by atoms with E-state index in [-0.39, 0.29) is 11.3 Å². The minimum Gasteiger partial charge on any atom is -0.478 e. The first-order valence-electron chi connectivity index (χ1n) is 11.5. The largest absolute Gasteiger partial charge is 0.478 e. The molecule has 0 radical (unpaired) electrons. The van der Waals surface area contributed by atoms with Gasteiger partial charge in [-0.3, -0.25) is 4.57 Å². The summed E-state index contributed by atoms with van der Waals surface area (Å²) in [6.45, 7) is 2.86. The molecule has 4 rings (SSSR count). The van der Waals surface area contributed by atoms with Crippen molar-refractivity contribution >= 4 is 5.97 Å². The first kappa shape index (κ1) is 22.6. The van der Waals surface area contributed by atoms with Gasteiger partial charge in [0.25, 0.3) is 0 Å². The summed E-state index contributed by atoms with van der Waals surface area (Å²) in [6.07, 6.45) is 6.49. The van der Waals surface area contributed by atoms with Gasteiger partial charge >= 0.3 is 11.7 Å². The molecular weight excluding hydrogens is 414 g/mol. The highest BCUT2D eigenvalue weighted by molar-refractivity contribution is 5.95. The van der Waals surface area contributed by atoms with E-state index in [1.165, 1.54) is 19.3 Å². The lowest BCUT2D eigenvalue weighted by Gasteiger charge is -2.20. The summed E-state index contributed by atoms with van der Waals surface area (Å²) in [6, 6.07) is 14.6. The zero-order chi connectivity index (χ0) is 23.2. The highest BCUT2D eigenvalue weighted by Gasteiger charge is 2.19. The van der Waals surface area contributed by atoms with Crippen LogP contribution in [-0.4, -0.2) is 25.4 Å². The van der Waals surface area contributed by atoms with E-state index in [0.717, 1.165) is 24.0 Å². The molecule has 2 aromatic carbocycles. The molecular formula is C27H29N3O3. The third-order valence-corrected chi connectivity index (χ3v) is 6.34. The molecule has 0 atom stereocenters. The Labute approximate surface area is 193 Å². The molecule has 33 heavy (non-hydrogen) atoms. The van der Waals surface area contributed by atoms with E-state index in [1.807, 2.05) is 30.3 Å². The second kappa shape index (κ2) is 10.4. The van der Waals surface area contributed by atoms with Crippen molar-refractivity contribution in [2.45, 2.75) is 58.5 Å². The Balaban J connectivity index is 1.59. The molecule has 1 N–H and O–H groups in total. The molecule has 1 aliphatic carbocycles. The van der Waals surface area contributed by atoms with E-state index in [9.17, 15) is 14.7 Å². The molecule has 170 valence electrons. The Morgan fingerprint density at radius 1 is 1.09 bits per heavy atom. The van der Waals surface area contributed by atoms with Crippen LogP contribution in [0.1, 0.15) is 60.8 Å². The van der Waals surface area contributed by atoms with Crippen LogP contribution in [0.5, 0.6) is 0 Å². The Morgan fingerprint density at radius 3 is 2.52 bits per heavy atom. The van der Waals surface area contributed by atoms with Crippen LogP contribution in [0, 0.1) is 17.8 Å². The van der Waals surface area contributed by atoms with Crippen LogP contribution < -0.4 is 5.69 Å². The van der Waals surface area contributed by atoms with Gasteiger partial charge in [-0.15, -0.1) is 5.92 Å². The molecule has 1 heterocycles. The number of rotatable bonds is 7. The predicted octanol–water partition coefficient (Wildman–Crippen LogP) is 4.60. The predicted molar refractivity (Wildman–Crippen MR) is 128 cm³/mol. The molecule has 1 fully saturated rings. The number of carboxylic acid groups (broad SMARTS) is 1. The zero-order valence-corrected chi connectivity index (χ0v) is 19.0. The molecule has 0 aliphatic heterocycles. The standard InChI is InChI=1S/C27H29N3O3/c1-2-3-13-25-28-30(19-20-9-5-4-6-10-20)27(33)29(25)18-21-14-16-22(17-15-21)23-11-7-8-12-24(23)26(31)32/h7-8,11-12,14-17,20H,4-6,9-10,13,18-19H2,1H3,(H,31,32). The quantitative estimate of drug-likeness (QED) is 0.541. The maximum atomic E-state index is 13.2. The number of carbonyl (C=O) groups is 1. The maximum Gasteiger partial charge on any atom is 0.346 e. The molecule has 0 spiro atoms. The third-order valence-electron chi connectivity index (χ3n) is 6.34. The summed E-state index contributed by atoms with van der Waals surface area (Å²) < 4.78 is 3.34. The summed E-state index contributed by atoms with van der Waals surface area (Å²) >= 11 is 0. The van der Waals surface area contributed by atoms with E-state index in [0.29, 0.717) is 36.8 Å². The van der Waals surface area contributed by atoms with Crippen molar-refractivity contribution in [3.8, 4) is 23.0 Å². The van der Waals surface area contributed by atoms with E-state index in [4.69, 9.17) is 0 Å². The van der Waals surface area contributed by atoms with E-state index in [2.05, 4.69) is 16.9 Å². The SMILES string of the molecule is CC#CCc1nn(CC2CCCCC2)c(=O)n1Cc1ccc(-c2ccccc2C(=O)O)cc1. The zero-order valence-electron chi connectivity index (χ0n) is 19.0. The van der Waals surface area contributed by atoms with Gasteiger partial charge in [-0.1, -0.05) is 67.6 Å². The normalized spacial score (nSPS) is 14.0. The number of aromatic carboxylic acids is 1. The highest BCUT2D eigenvalue weighted by atomic mass is 16.4. The van der Waals surface area contributed by atoms with Gasteiger partial charge in [0.05, 0.1) is 18.5 Å². The number of aromatic nitrogens is 3. The first-order valence-corrected chi connectivity index (χ1v) is 11.5. The fourth-order valence-electron chi connectivity index (χ4n) is 4.57. The van der Waals surface area contributed by atoms with Gasteiger partial charge in [0.1, 0.15) is 5.82 Å². The molecule has 1 saturated carbocycles. The first-order chi connectivity index (χ1) is 16.1. The molecule has 3 aromatic rings. The monoisotopic (exact) mass is 443 g/mol. The van der Waals surface area contributed by atoms with Crippen molar-refractivity contribution in [1.29, 1.82) is 0 Å². The van der Waals surface area contributed by atoms with Gasteiger partial charge < -0.3 is 5.11 Å². The van der Waals surface area contributed by atoms with Crippen LogP contribution in [-0.2, 0) is 19.5 Å². The second-order valence-corrected chi connectivity index (χ2v) is 8.62. The lowest BCUT2D eigenvalue weighted by molar-refractivity contribution is 0.0697. The van der Waals surface area contributed by atoms with Crippen LogP contribution in [0.25, 0.3) is 11.1 Å². The summed E-state index contributed by atoms with van der Waals surface area (Å²) in [5, 5.41) is 14.1. The van der Waals surface area contributed by atoms with E-state index >= 15 is 0 Å². The van der Waals surface area contributed by atoms with Crippen LogP contribution >= 0.6 is 0 Å². The summed E-state index contributed by atoms with van der Waals surface area (Å²) in [4.78, 5) is 24.7. The Bertz CT molecular complexity index is 1240. The number of hydrogen-bond donors (Lipinski definition) is 1. The van der Waals surface area contributed by atoms with E-state index < -0.39 is 5.97 Å². The highest BCUT2D eigenvalue weighted by Crippen LogP contribution is 2.25. The van der Waals surface area contributed by atoms with Gasteiger partial charge in [0.15, 0.2) is 0 Å². The minimum absolute atomic E-state index is 0.0891. The van der Waals surface area contributed by atoms with Gasteiger partial charge in [-0.2, -0.15) is 5.10 Å². The summed E-state index contributed by atoms with van der Waals surface area (Å²) in [5.74, 6) is 6.18. The lowest BCUT2D eigenvalue weighted by atomic mass is 9.89. The van der Waals surface area contributed by atoms with E-state index in [1.54, 1.807) is 34.4 Å². The Morgan fingerprint density at radius 2 is 1.82 bits per heavy atom. The molecule has 6 nitrogen and oxygen atoms in total. The second-order valence-electron chi connectivity index (χ2n) is 8.62. The van der Waals surface area contributed by atoms with Crippen molar-refractivity contribution in [1.82, 2.24) is 14.3 Å². The maximum absolute atomic E-state index is 13.2.